The zero-order chi connectivity index (χ0) is 18.0. The fourth-order valence-electron chi connectivity index (χ4n) is 1.82. The molecule has 1 N–H and O–H groups in total. The summed E-state index contributed by atoms with van der Waals surface area (Å²) < 4.78 is 50.1. The van der Waals surface area contributed by atoms with Crippen molar-refractivity contribution in [2.75, 3.05) is 5.32 Å². The van der Waals surface area contributed by atoms with Crippen LogP contribution in [0.25, 0.3) is 11.7 Å². The Labute approximate surface area is 143 Å². The molecular weight excluding hydrogens is 359 g/mol. The number of hydrogen-bond donors (Lipinski definition) is 1. The van der Waals surface area contributed by atoms with E-state index in [0.717, 1.165) is 23.9 Å². The van der Waals surface area contributed by atoms with Crippen LogP contribution in [0.1, 0.15) is 6.92 Å². The molecule has 0 saturated carbocycles. The van der Waals surface area contributed by atoms with E-state index in [1.807, 2.05) is 0 Å². The number of nitrogens with one attached hydrogen (secondary N) is 1. The molecule has 3 aromatic rings. The summed E-state index contributed by atoms with van der Waals surface area (Å²) in [6, 6.07) is 4.94. The van der Waals surface area contributed by atoms with Gasteiger partial charge in [-0.2, -0.15) is 0 Å². The van der Waals surface area contributed by atoms with Crippen LogP contribution in [0.2, 0.25) is 0 Å². The quantitative estimate of drug-likeness (QED) is 0.543. The lowest BCUT2D eigenvalue weighted by Gasteiger charge is -2.11. The number of amides is 1. The number of carbonyl (C=O) groups is 1. The summed E-state index contributed by atoms with van der Waals surface area (Å²) in [4.78, 5) is 12.1. The average Bonchev–Trinajstić information content (AvgIpc) is 3.26. The van der Waals surface area contributed by atoms with Crippen molar-refractivity contribution in [1.29, 1.82) is 0 Å². The van der Waals surface area contributed by atoms with E-state index in [4.69, 9.17) is 8.83 Å². The molecule has 0 aliphatic rings. The lowest BCUT2D eigenvalue weighted by Crippen LogP contribution is -2.23. The first-order valence-electron chi connectivity index (χ1n) is 6.94. The molecule has 0 fully saturated rings. The summed E-state index contributed by atoms with van der Waals surface area (Å²) in [5.41, 5.74) is -0.460. The lowest BCUT2D eigenvalue weighted by molar-refractivity contribution is -0.115. The molecule has 0 unspecified atom stereocenters. The summed E-state index contributed by atoms with van der Waals surface area (Å²) in [6.07, 6.45) is 1.44. The van der Waals surface area contributed by atoms with Crippen LogP contribution >= 0.6 is 11.8 Å². The minimum atomic E-state index is -1.65. The van der Waals surface area contributed by atoms with E-state index in [1.165, 1.54) is 13.2 Å². The van der Waals surface area contributed by atoms with E-state index < -0.39 is 34.3 Å². The minimum Gasteiger partial charge on any atom is -0.459 e. The molecule has 2 heterocycles. The molecule has 6 nitrogen and oxygen atoms in total. The fourth-order valence-corrected chi connectivity index (χ4v) is 2.50. The molecule has 0 radical (unpaired) electrons. The van der Waals surface area contributed by atoms with Gasteiger partial charge >= 0.3 is 0 Å². The number of nitrogens with zero attached hydrogens (tertiary/aromatic N) is 2. The average molecular weight is 369 g/mol. The number of halogens is 3. The van der Waals surface area contributed by atoms with Crippen LogP contribution in [-0.4, -0.2) is 21.4 Å². The van der Waals surface area contributed by atoms with Gasteiger partial charge in [-0.3, -0.25) is 4.79 Å². The maximum Gasteiger partial charge on any atom is 0.284 e. The van der Waals surface area contributed by atoms with Gasteiger partial charge in [0.1, 0.15) is 0 Å². The summed E-state index contributed by atoms with van der Waals surface area (Å²) in [5.74, 6) is -4.59. The van der Waals surface area contributed by atoms with Crippen molar-refractivity contribution in [3.8, 4) is 11.7 Å². The van der Waals surface area contributed by atoms with Crippen LogP contribution in [-0.2, 0) is 4.79 Å². The second-order valence-corrected chi connectivity index (χ2v) is 6.11. The number of thioether (sulfide) groups is 1. The van der Waals surface area contributed by atoms with E-state index in [9.17, 15) is 18.0 Å². The molecule has 10 heteroatoms. The Balaban J connectivity index is 1.66. The molecule has 1 amide bonds. The Morgan fingerprint density at radius 1 is 1.20 bits per heavy atom. The Hall–Kier alpha value is -2.75. The van der Waals surface area contributed by atoms with E-state index in [-0.39, 0.29) is 11.1 Å². The van der Waals surface area contributed by atoms with Crippen molar-refractivity contribution in [2.45, 2.75) is 17.4 Å². The molecule has 0 aliphatic carbocycles. The van der Waals surface area contributed by atoms with Crippen molar-refractivity contribution < 1.29 is 26.8 Å². The zero-order valence-electron chi connectivity index (χ0n) is 12.6. The normalized spacial score (nSPS) is 12.2. The largest absolute Gasteiger partial charge is 0.459 e. The molecule has 0 saturated heterocycles. The van der Waals surface area contributed by atoms with Gasteiger partial charge < -0.3 is 14.2 Å². The van der Waals surface area contributed by atoms with Gasteiger partial charge in [-0.1, -0.05) is 11.8 Å². The predicted molar refractivity (Wildman–Crippen MR) is 82.3 cm³/mol. The monoisotopic (exact) mass is 369 g/mol. The Bertz CT molecular complexity index is 899. The van der Waals surface area contributed by atoms with Crippen LogP contribution in [0.4, 0.5) is 18.9 Å². The maximum absolute atomic E-state index is 13.6. The van der Waals surface area contributed by atoms with E-state index in [0.29, 0.717) is 5.76 Å². The second kappa shape index (κ2) is 7.01. The lowest BCUT2D eigenvalue weighted by atomic mass is 10.2. The van der Waals surface area contributed by atoms with Gasteiger partial charge in [0.05, 0.1) is 17.2 Å². The molecule has 130 valence electrons. The highest BCUT2D eigenvalue weighted by molar-refractivity contribution is 8.00. The number of anilines is 1. The first-order chi connectivity index (χ1) is 12.0. The fraction of sp³-hybridized carbons (Fsp3) is 0.133. The van der Waals surface area contributed by atoms with Gasteiger partial charge in [-0.05, 0) is 31.2 Å². The molecule has 0 bridgehead atoms. The molecule has 25 heavy (non-hydrogen) atoms. The van der Waals surface area contributed by atoms with Crippen molar-refractivity contribution >= 4 is 23.4 Å². The van der Waals surface area contributed by atoms with E-state index in [1.54, 1.807) is 12.1 Å². The Morgan fingerprint density at radius 3 is 2.72 bits per heavy atom. The number of benzene rings is 1. The molecule has 1 atom stereocenters. The van der Waals surface area contributed by atoms with Crippen LogP contribution in [0.5, 0.6) is 0 Å². The Kier molecular flexibility index (Phi) is 4.79. The maximum atomic E-state index is 13.6. The first-order valence-corrected chi connectivity index (χ1v) is 7.82. The second-order valence-electron chi connectivity index (χ2n) is 4.82. The van der Waals surface area contributed by atoms with E-state index in [2.05, 4.69) is 15.5 Å². The van der Waals surface area contributed by atoms with Gasteiger partial charge in [0.15, 0.2) is 23.2 Å². The van der Waals surface area contributed by atoms with Crippen molar-refractivity contribution in [3.05, 3.63) is 48.0 Å². The smallest absolute Gasteiger partial charge is 0.284 e. The van der Waals surface area contributed by atoms with Crippen molar-refractivity contribution in [1.82, 2.24) is 10.2 Å². The SMILES string of the molecule is C[C@@H](Sc1nnc(-c2ccco2)o1)C(=O)Nc1ccc(F)c(F)c1F. The minimum absolute atomic E-state index is 0.0970. The van der Waals surface area contributed by atoms with Crippen molar-refractivity contribution in [2.24, 2.45) is 0 Å². The molecule has 0 aliphatic heterocycles. The molecule has 0 spiro atoms. The third kappa shape index (κ3) is 3.68. The van der Waals surface area contributed by atoms with Crippen LogP contribution in [0.3, 0.4) is 0 Å². The first kappa shape index (κ1) is 17.1. The summed E-state index contributed by atoms with van der Waals surface area (Å²) >= 11 is 0.918. The van der Waals surface area contributed by atoms with Gasteiger partial charge in [0, 0.05) is 0 Å². The Morgan fingerprint density at radius 2 is 2.00 bits per heavy atom. The third-order valence-electron chi connectivity index (χ3n) is 3.08. The van der Waals surface area contributed by atoms with Gasteiger partial charge in [0.2, 0.25) is 5.91 Å². The summed E-state index contributed by atoms with van der Waals surface area (Å²) in [6.45, 7) is 1.51. The van der Waals surface area contributed by atoms with Crippen molar-refractivity contribution in [3.63, 3.8) is 0 Å². The van der Waals surface area contributed by atoms with Gasteiger partial charge in [-0.15, -0.1) is 10.2 Å². The number of hydrogen-bond acceptors (Lipinski definition) is 6. The molecular formula is C15H10F3N3O3S. The van der Waals surface area contributed by atoms with Gasteiger partial charge in [-0.25, -0.2) is 13.2 Å². The molecule has 3 rings (SSSR count). The standard InChI is InChI=1S/C15H10F3N3O3S/c1-7(13(22)19-9-5-4-8(16)11(17)12(9)18)25-15-21-20-14(24-15)10-3-2-6-23-10/h2-7H,1H3,(H,19,22)/t7-/m1/s1. The number of rotatable bonds is 5. The van der Waals surface area contributed by atoms with E-state index >= 15 is 0 Å². The number of carbonyl (C=O) groups excluding carboxylic acids is 1. The predicted octanol–water partition coefficient (Wildman–Crippen LogP) is 3.87. The number of aromatic nitrogens is 2. The molecule has 1 aromatic carbocycles. The highest BCUT2D eigenvalue weighted by atomic mass is 32.2. The third-order valence-corrected chi connectivity index (χ3v) is 4.01. The zero-order valence-corrected chi connectivity index (χ0v) is 13.4. The van der Waals surface area contributed by atoms with Crippen LogP contribution in [0, 0.1) is 17.5 Å². The van der Waals surface area contributed by atoms with Crippen LogP contribution < -0.4 is 5.32 Å². The summed E-state index contributed by atoms with van der Waals surface area (Å²) in [5, 5.41) is 9.06. The highest BCUT2D eigenvalue weighted by Crippen LogP contribution is 2.27. The van der Waals surface area contributed by atoms with Crippen LogP contribution in [0.15, 0.2) is 44.6 Å². The summed E-state index contributed by atoms with van der Waals surface area (Å²) in [7, 11) is 0. The van der Waals surface area contributed by atoms with Gasteiger partial charge in [0.25, 0.3) is 11.1 Å². The topological polar surface area (TPSA) is 81.2 Å². The highest BCUT2D eigenvalue weighted by Gasteiger charge is 2.22. The molecule has 2 aromatic heterocycles. The number of furan rings is 1.